The van der Waals surface area contributed by atoms with Crippen molar-refractivity contribution >= 4 is 88.3 Å². The number of hydrogen-bond acceptors (Lipinski definition) is 8. The molecule has 0 aliphatic heterocycles. The molecular weight excluding hydrogens is 1470 g/mol. The highest BCUT2D eigenvalue weighted by molar-refractivity contribution is 6.12. The van der Waals surface area contributed by atoms with Crippen LogP contribution in [0.1, 0.15) is 251 Å². The first-order valence-corrected chi connectivity index (χ1v) is 43.7. The monoisotopic (exact) mass is 1610 g/mol. The van der Waals surface area contributed by atoms with Gasteiger partial charge in [0, 0.05) is 130 Å². The zero-order chi connectivity index (χ0) is 88.8. The molecule has 0 radical (unpaired) electrons. The second-order valence-corrected chi connectivity index (χ2v) is 40.0. The van der Waals surface area contributed by atoms with Gasteiger partial charge in [-0.05, 0) is 215 Å². The number of rotatable bonds is 11. The molecule has 2 saturated carbocycles. The summed E-state index contributed by atoms with van der Waals surface area (Å²) < 4.78 is 66.5. The number of fused-ring (bicyclic) bond motifs is 12. The van der Waals surface area contributed by atoms with Crippen LogP contribution in [0.25, 0.3) is 133 Å². The van der Waals surface area contributed by atoms with Crippen molar-refractivity contribution in [2.24, 2.45) is 49.9 Å². The van der Waals surface area contributed by atoms with Crippen molar-refractivity contribution in [3.05, 3.63) is 237 Å². The fourth-order valence-corrected chi connectivity index (χ4v) is 18.7. The van der Waals surface area contributed by atoms with Crippen LogP contribution in [0.5, 0.6) is 0 Å². The van der Waals surface area contributed by atoms with Crippen molar-refractivity contribution in [3.8, 4) is 45.0 Å². The van der Waals surface area contributed by atoms with Crippen LogP contribution in [0.2, 0.25) is 0 Å². The second-order valence-electron chi connectivity index (χ2n) is 40.0. The van der Waals surface area contributed by atoms with Crippen LogP contribution in [-0.2, 0) is 53.9 Å². The number of benzene rings is 4. The van der Waals surface area contributed by atoms with Crippen molar-refractivity contribution in [1.29, 1.82) is 0 Å². The molecule has 0 unspecified atom stereocenters. The molecule has 0 saturated heterocycles. The Bertz CT molecular complexity index is 6750. The molecule has 16 aromatic rings. The lowest BCUT2D eigenvalue weighted by atomic mass is 9.86. The largest absolute Gasteiger partial charge is 0.437 e. The van der Waals surface area contributed by atoms with Crippen LogP contribution in [-0.4, -0.2) is 19.9 Å². The minimum Gasteiger partial charge on any atom is -0.437 e. The average molecular weight is 1610 g/mol. The number of aryl methyl sites for hydroxylation is 10. The van der Waals surface area contributed by atoms with Gasteiger partial charge in [-0.25, -0.2) is 38.2 Å². The molecule has 0 bridgehead atoms. The van der Waals surface area contributed by atoms with Crippen molar-refractivity contribution in [1.82, 2.24) is 19.9 Å². The van der Waals surface area contributed by atoms with Gasteiger partial charge in [0.25, 0.3) is 0 Å². The van der Waals surface area contributed by atoms with E-state index in [1.807, 2.05) is 55.8 Å². The highest BCUT2D eigenvalue weighted by Gasteiger charge is 2.31. The smallest absolute Gasteiger partial charge is 0.227 e. The minimum absolute atomic E-state index is 0.191. The predicted molar refractivity (Wildman–Crippen MR) is 495 cm³/mol. The van der Waals surface area contributed by atoms with Crippen LogP contribution in [0.3, 0.4) is 0 Å². The Morgan fingerprint density at radius 2 is 0.667 bits per heavy atom. The average Bonchev–Trinajstić information content (AvgIpc) is 1.51. The Balaban J connectivity index is 0.000000128. The maximum atomic E-state index is 8.56. The first-order chi connectivity index (χ1) is 58.4. The predicted octanol–water partition coefficient (Wildman–Crippen LogP) is 26.9. The summed E-state index contributed by atoms with van der Waals surface area (Å²) in [6.07, 6.45) is 24.1. The van der Waals surface area contributed by atoms with Crippen molar-refractivity contribution in [3.63, 3.8) is 0 Å². The summed E-state index contributed by atoms with van der Waals surface area (Å²) in [5, 5.41) is 8.66. The van der Waals surface area contributed by atoms with Crippen molar-refractivity contribution in [2.45, 2.75) is 240 Å². The molecule has 0 spiro atoms. The summed E-state index contributed by atoms with van der Waals surface area (Å²) in [5.74, 6) is 0.101. The zero-order valence-corrected chi connectivity index (χ0v) is 75.6. The van der Waals surface area contributed by atoms with Gasteiger partial charge in [-0.3, -0.25) is 0 Å². The molecule has 2 aliphatic carbocycles. The third-order valence-corrected chi connectivity index (χ3v) is 24.2. The molecule has 2 fully saturated rings. The summed E-state index contributed by atoms with van der Waals surface area (Å²) in [6, 6.07) is 49.7. The van der Waals surface area contributed by atoms with Gasteiger partial charge < -0.3 is 17.7 Å². The van der Waals surface area contributed by atoms with E-state index in [-0.39, 0.29) is 27.2 Å². The molecule has 0 N–H and O–H groups in total. The van der Waals surface area contributed by atoms with Gasteiger partial charge in [0.2, 0.25) is 45.6 Å². The number of aromatic nitrogens is 8. The maximum absolute atomic E-state index is 8.56. The topological polar surface area (TPSA) is 120 Å². The summed E-state index contributed by atoms with van der Waals surface area (Å²) in [5.41, 5.74) is 29.9. The number of hydrogen-bond donors (Lipinski definition) is 0. The fourth-order valence-electron chi connectivity index (χ4n) is 18.7. The van der Waals surface area contributed by atoms with Gasteiger partial charge in [-0.15, -0.1) is 0 Å². The number of pyridine rings is 8. The third-order valence-electron chi connectivity index (χ3n) is 24.2. The lowest BCUT2D eigenvalue weighted by Gasteiger charge is -2.20. The number of nitrogens with zero attached hydrogens (tertiary/aromatic N) is 8. The fraction of sp³-hybridized carbons (Fsp3) is 0.407. The Morgan fingerprint density at radius 1 is 0.350 bits per heavy atom. The van der Waals surface area contributed by atoms with Gasteiger partial charge in [0.1, 0.15) is 28.2 Å². The maximum Gasteiger partial charge on any atom is 0.227 e. The van der Waals surface area contributed by atoms with Crippen LogP contribution in [0.15, 0.2) is 182 Å². The van der Waals surface area contributed by atoms with E-state index in [9.17, 15) is 0 Å². The molecule has 12 heterocycles. The molecule has 12 nitrogen and oxygen atoms in total. The Kier molecular flexibility index (Phi) is 22.0. The SMILES string of the molecule is Cc1ccc2c(oc3nc(C4CCCC4)ccc32)c1-c1ccc(CC(C)(C)C)c[n+]1C.Cc1ccc2c(oc3nc(C4CCCCC4)ccc32)c1-c1ccc(CC(C)(C)C)c[n+]1C.Cc1ccc2c(oc3nc(CC(C)(C)C)ccc32)c1-c1ccc(CC(C)(C)C)c[n+]1C.[2H]C([2H])([2H])c1c[n+](C)c(-c2c(C)ccc3c2oc2nc(C)ccc23)cc1C([2H])(C)C. The molecule has 12 aromatic heterocycles. The first-order valence-electron chi connectivity index (χ1n) is 45.7. The van der Waals surface area contributed by atoms with E-state index in [0.717, 1.165) is 142 Å². The van der Waals surface area contributed by atoms with Crippen molar-refractivity contribution in [2.75, 3.05) is 0 Å². The molecule has 4 aromatic carbocycles. The summed E-state index contributed by atoms with van der Waals surface area (Å²) >= 11 is 0. The zero-order valence-electron chi connectivity index (χ0n) is 79.6. The highest BCUT2D eigenvalue weighted by atomic mass is 16.4. The molecule has 0 amide bonds. The second kappa shape index (κ2) is 33.4. The molecular formula is C108H128N8O4+4. The minimum atomic E-state index is -2.30. The van der Waals surface area contributed by atoms with Crippen LogP contribution in [0, 0.1) is 63.1 Å². The van der Waals surface area contributed by atoms with Crippen molar-refractivity contribution < 1.29 is 41.4 Å². The van der Waals surface area contributed by atoms with E-state index in [4.69, 9.17) is 38.1 Å². The van der Waals surface area contributed by atoms with E-state index in [2.05, 4.69) is 271 Å². The molecule has 0 atom stereocenters. The highest BCUT2D eigenvalue weighted by Crippen LogP contribution is 2.44. The van der Waals surface area contributed by atoms with Crippen LogP contribution < -0.4 is 18.3 Å². The lowest BCUT2D eigenvalue weighted by molar-refractivity contribution is -0.660. The van der Waals surface area contributed by atoms with E-state index >= 15 is 0 Å². The molecule has 12 heteroatoms. The van der Waals surface area contributed by atoms with Gasteiger partial charge in [0.05, 0.1) is 22.3 Å². The molecule has 620 valence electrons. The van der Waals surface area contributed by atoms with E-state index in [0.29, 0.717) is 28.7 Å². The van der Waals surface area contributed by atoms with Gasteiger partial charge >= 0.3 is 0 Å². The Hall–Kier alpha value is -10.7. The number of furan rings is 4. The summed E-state index contributed by atoms with van der Waals surface area (Å²) in [4.78, 5) is 19.4. The standard InChI is InChI=1S/C29H35N2O.C28H33N2O.C28H35N2O.C23H25N2O/c1-19-11-13-22-23-14-15-24(21-9-7-6-8-10-21)30-28(23)32-27(22)26(19)25-16-12-20(18-31(25)5)17-29(2,3)4;1-18-10-12-21-22-13-14-23(20-8-6-7-9-20)29-27(22)31-26(21)25(18)24-15-11-19(17-30(24)5)16-28(2,3)4;1-18-9-12-21-22-13-11-20(16-28(5,6)7)29-26(22)31-25(21)24(18)23-14-10-19(17-30(23)8)15-27(2,3)4;1-13(2)19-11-20(25(6)12-15(19)4)21-14(3)7-9-17-18-10-8-16(5)24-23(18)26-22(17)21/h11-16,18,21H,6-10,17H2,1-5H3;10-15,17,20H,6-9,16H2,1-5H3;9-14,17H,15-16H2,1-8H3;7-13H,1-6H3/q4*+1/i;;;4D3,13D. The van der Waals surface area contributed by atoms with Crippen LogP contribution in [0.4, 0.5) is 0 Å². The molecule has 18 rings (SSSR count). The molecule has 120 heavy (non-hydrogen) atoms. The van der Waals surface area contributed by atoms with Crippen LogP contribution >= 0.6 is 0 Å². The van der Waals surface area contributed by atoms with E-state index in [1.165, 1.54) is 125 Å². The Morgan fingerprint density at radius 3 is 1.02 bits per heavy atom. The van der Waals surface area contributed by atoms with E-state index < -0.39 is 12.7 Å². The van der Waals surface area contributed by atoms with Gasteiger partial charge in [0.15, 0.2) is 47.1 Å². The normalized spacial score (nSPS) is 14.7. The van der Waals surface area contributed by atoms with Gasteiger partial charge in [-0.2, -0.15) is 0 Å². The van der Waals surface area contributed by atoms with E-state index in [1.54, 1.807) is 20.0 Å². The lowest BCUT2D eigenvalue weighted by Crippen LogP contribution is -2.32. The molecule has 2 aliphatic rings. The van der Waals surface area contributed by atoms with Gasteiger partial charge in [-0.1, -0.05) is 178 Å². The third kappa shape index (κ3) is 18.0. The first kappa shape index (κ1) is 79.1. The summed E-state index contributed by atoms with van der Waals surface area (Å²) in [6.45, 7) is 38.8. The Labute approximate surface area is 717 Å². The summed E-state index contributed by atoms with van der Waals surface area (Å²) in [7, 11) is 8.23. The quantitative estimate of drug-likeness (QED) is 0.117.